The second-order valence-electron chi connectivity index (χ2n) is 5.67. The Hall–Kier alpha value is -3.30. The number of ether oxygens (including phenoxy) is 1. The molecule has 0 unspecified atom stereocenters. The molecule has 29 heavy (non-hydrogen) atoms. The topological polar surface area (TPSA) is 110 Å². The SMILES string of the molecule is COC(=O)c1ccc(C(=O)Nc2nnc(-c3ccccc3)s2)cc1NC(=O)CCl. The Morgan fingerprint density at radius 3 is 2.52 bits per heavy atom. The van der Waals surface area contributed by atoms with Gasteiger partial charge in [-0.1, -0.05) is 41.7 Å². The van der Waals surface area contributed by atoms with Gasteiger partial charge in [-0.05, 0) is 18.2 Å². The standard InChI is InChI=1S/C19H15ClN4O4S/c1-28-18(27)13-8-7-12(9-14(13)21-15(25)10-20)16(26)22-19-24-23-17(29-19)11-5-3-2-4-6-11/h2-9H,10H2,1H3,(H,21,25)(H,22,24,26). The number of aromatic nitrogens is 2. The van der Waals surface area contributed by atoms with Gasteiger partial charge in [0.2, 0.25) is 11.0 Å². The molecule has 2 amide bonds. The molecule has 0 radical (unpaired) electrons. The van der Waals surface area contributed by atoms with E-state index in [0.29, 0.717) is 10.1 Å². The highest BCUT2D eigenvalue weighted by molar-refractivity contribution is 7.18. The van der Waals surface area contributed by atoms with Crippen molar-refractivity contribution in [3.63, 3.8) is 0 Å². The molecule has 10 heteroatoms. The molecule has 1 heterocycles. The van der Waals surface area contributed by atoms with Crippen LogP contribution in [-0.4, -0.2) is 41.0 Å². The molecule has 0 bridgehead atoms. The number of esters is 1. The van der Waals surface area contributed by atoms with Crippen molar-refractivity contribution in [3.05, 3.63) is 59.7 Å². The van der Waals surface area contributed by atoms with Crippen LogP contribution >= 0.6 is 22.9 Å². The van der Waals surface area contributed by atoms with E-state index in [2.05, 4.69) is 20.8 Å². The quantitative estimate of drug-likeness (QED) is 0.458. The van der Waals surface area contributed by atoms with Crippen LogP contribution in [0.25, 0.3) is 10.6 Å². The lowest BCUT2D eigenvalue weighted by Crippen LogP contribution is -2.18. The summed E-state index contributed by atoms with van der Waals surface area (Å²) in [6.45, 7) is 0. The van der Waals surface area contributed by atoms with Crippen LogP contribution in [0.3, 0.4) is 0 Å². The van der Waals surface area contributed by atoms with E-state index < -0.39 is 17.8 Å². The van der Waals surface area contributed by atoms with Crippen molar-refractivity contribution >= 4 is 51.5 Å². The second kappa shape index (κ2) is 9.26. The molecule has 1 aromatic heterocycles. The van der Waals surface area contributed by atoms with Gasteiger partial charge in [-0.15, -0.1) is 21.8 Å². The number of hydrogen-bond donors (Lipinski definition) is 2. The highest BCUT2D eigenvalue weighted by atomic mass is 35.5. The predicted octanol–water partition coefficient (Wildman–Crippen LogP) is 3.42. The minimum atomic E-state index is -0.654. The summed E-state index contributed by atoms with van der Waals surface area (Å²) < 4.78 is 4.69. The Kier molecular flexibility index (Phi) is 6.53. The van der Waals surface area contributed by atoms with Crippen molar-refractivity contribution in [3.8, 4) is 10.6 Å². The van der Waals surface area contributed by atoms with Crippen LogP contribution in [0.4, 0.5) is 10.8 Å². The minimum absolute atomic E-state index is 0.102. The summed E-state index contributed by atoms with van der Waals surface area (Å²) in [4.78, 5) is 36.1. The number of nitrogens with one attached hydrogen (secondary N) is 2. The number of anilines is 2. The van der Waals surface area contributed by atoms with Crippen molar-refractivity contribution < 1.29 is 19.1 Å². The molecule has 8 nitrogen and oxygen atoms in total. The number of methoxy groups -OCH3 is 1. The van der Waals surface area contributed by atoms with E-state index in [1.807, 2.05) is 30.3 Å². The molecule has 0 aliphatic rings. The fourth-order valence-corrected chi connectivity index (χ4v) is 3.21. The Bertz CT molecular complexity index is 1060. The number of halogens is 1. The smallest absolute Gasteiger partial charge is 0.339 e. The fraction of sp³-hybridized carbons (Fsp3) is 0.105. The molecule has 2 aromatic carbocycles. The van der Waals surface area contributed by atoms with Crippen molar-refractivity contribution in [2.24, 2.45) is 0 Å². The van der Waals surface area contributed by atoms with Crippen LogP contribution in [0.15, 0.2) is 48.5 Å². The van der Waals surface area contributed by atoms with E-state index in [0.717, 1.165) is 5.56 Å². The van der Waals surface area contributed by atoms with Crippen molar-refractivity contribution in [1.82, 2.24) is 10.2 Å². The predicted molar refractivity (Wildman–Crippen MR) is 110 cm³/mol. The van der Waals surface area contributed by atoms with Gasteiger partial charge in [0.15, 0.2) is 0 Å². The molecule has 3 rings (SSSR count). The molecule has 0 aliphatic carbocycles. The number of hydrogen-bond acceptors (Lipinski definition) is 7. The number of alkyl halides is 1. The summed E-state index contributed by atoms with van der Waals surface area (Å²) in [6, 6.07) is 13.6. The Morgan fingerprint density at radius 2 is 1.83 bits per heavy atom. The van der Waals surface area contributed by atoms with E-state index in [-0.39, 0.29) is 22.7 Å². The monoisotopic (exact) mass is 430 g/mol. The van der Waals surface area contributed by atoms with Gasteiger partial charge in [0.1, 0.15) is 10.9 Å². The average Bonchev–Trinajstić information content (AvgIpc) is 3.22. The first kappa shape index (κ1) is 20.4. The maximum atomic E-state index is 12.6. The molecule has 2 N–H and O–H groups in total. The first-order valence-corrected chi connectivity index (χ1v) is 9.65. The Balaban J connectivity index is 1.82. The average molecular weight is 431 g/mol. The zero-order valence-electron chi connectivity index (χ0n) is 15.1. The third-order valence-electron chi connectivity index (χ3n) is 3.75. The number of benzene rings is 2. The first-order valence-electron chi connectivity index (χ1n) is 8.30. The largest absolute Gasteiger partial charge is 0.465 e. The van der Waals surface area contributed by atoms with E-state index in [1.165, 1.54) is 36.6 Å². The lowest BCUT2D eigenvalue weighted by atomic mass is 10.1. The Morgan fingerprint density at radius 1 is 1.07 bits per heavy atom. The van der Waals surface area contributed by atoms with Crippen LogP contribution in [0.1, 0.15) is 20.7 Å². The second-order valence-corrected chi connectivity index (χ2v) is 6.91. The fourth-order valence-electron chi connectivity index (χ4n) is 2.40. The van der Waals surface area contributed by atoms with Gasteiger partial charge in [0.25, 0.3) is 5.91 Å². The lowest BCUT2D eigenvalue weighted by molar-refractivity contribution is -0.113. The van der Waals surface area contributed by atoms with Gasteiger partial charge in [0, 0.05) is 11.1 Å². The van der Waals surface area contributed by atoms with Gasteiger partial charge in [-0.25, -0.2) is 4.79 Å². The first-order chi connectivity index (χ1) is 14.0. The van der Waals surface area contributed by atoms with Crippen LogP contribution in [0, 0.1) is 0 Å². The summed E-state index contributed by atoms with van der Waals surface area (Å²) in [6.07, 6.45) is 0. The number of carbonyl (C=O) groups excluding carboxylic acids is 3. The normalized spacial score (nSPS) is 10.3. The highest BCUT2D eigenvalue weighted by Crippen LogP contribution is 2.27. The zero-order valence-corrected chi connectivity index (χ0v) is 16.7. The summed E-state index contributed by atoms with van der Waals surface area (Å²) >= 11 is 6.73. The lowest BCUT2D eigenvalue weighted by Gasteiger charge is -2.11. The van der Waals surface area contributed by atoms with Crippen molar-refractivity contribution in [2.75, 3.05) is 23.6 Å². The maximum absolute atomic E-state index is 12.6. The molecular formula is C19H15ClN4O4S. The van der Waals surface area contributed by atoms with Gasteiger partial charge < -0.3 is 10.1 Å². The molecule has 0 saturated carbocycles. The van der Waals surface area contributed by atoms with Crippen LogP contribution in [0.2, 0.25) is 0 Å². The molecule has 0 fully saturated rings. The van der Waals surface area contributed by atoms with Gasteiger partial charge in [0.05, 0.1) is 18.4 Å². The molecular weight excluding hydrogens is 416 g/mol. The number of rotatable bonds is 6. The third-order valence-corrected chi connectivity index (χ3v) is 4.88. The molecule has 148 valence electrons. The van der Waals surface area contributed by atoms with E-state index >= 15 is 0 Å². The number of amides is 2. The molecule has 0 saturated heterocycles. The van der Waals surface area contributed by atoms with Gasteiger partial charge in [-0.2, -0.15) is 0 Å². The Labute approximate surface area is 174 Å². The van der Waals surface area contributed by atoms with E-state index in [1.54, 1.807) is 0 Å². The zero-order chi connectivity index (χ0) is 20.8. The van der Waals surface area contributed by atoms with Crippen LogP contribution < -0.4 is 10.6 Å². The van der Waals surface area contributed by atoms with Crippen molar-refractivity contribution in [2.45, 2.75) is 0 Å². The summed E-state index contributed by atoms with van der Waals surface area (Å²) in [7, 11) is 1.22. The molecule has 3 aromatic rings. The summed E-state index contributed by atoms with van der Waals surface area (Å²) in [5.74, 6) is -1.95. The summed E-state index contributed by atoms with van der Waals surface area (Å²) in [5, 5.41) is 14.2. The molecule has 0 atom stereocenters. The minimum Gasteiger partial charge on any atom is -0.465 e. The van der Waals surface area contributed by atoms with Crippen LogP contribution in [-0.2, 0) is 9.53 Å². The third kappa shape index (κ3) is 4.95. The highest BCUT2D eigenvalue weighted by Gasteiger charge is 2.18. The van der Waals surface area contributed by atoms with Gasteiger partial charge in [-0.3, -0.25) is 14.9 Å². The van der Waals surface area contributed by atoms with E-state index in [4.69, 9.17) is 16.3 Å². The van der Waals surface area contributed by atoms with Gasteiger partial charge >= 0.3 is 5.97 Å². The van der Waals surface area contributed by atoms with Crippen LogP contribution in [0.5, 0.6) is 0 Å². The number of nitrogens with zero attached hydrogens (tertiary/aromatic N) is 2. The molecule has 0 aliphatic heterocycles. The van der Waals surface area contributed by atoms with Crippen molar-refractivity contribution in [1.29, 1.82) is 0 Å². The van der Waals surface area contributed by atoms with E-state index in [9.17, 15) is 14.4 Å². The molecule has 0 spiro atoms. The number of carbonyl (C=O) groups is 3. The summed E-state index contributed by atoms with van der Waals surface area (Å²) in [5.41, 5.74) is 1.32. The maximum Gasteiger partial charge on any atom is 0.339 e.